The molecule has 0 aliphatic heterocycles. The molecule has 0 fully saturated rings. The summed E-state index contributed by atoms with van der Waals surface area (Å²) in [5.74, 6) is 0.766. The van der Waals surface area contributed by atoms with Gasteiger partial charge in [0.2, 0.25) is 0 Å². The second kappa shape index (κ2) is 4.43. The van der Waals surface area contributed by atoms with Gasteiger partial charge in [-0.05, 0) is 18.2 Å². The van der Waals surface area contributed by atoms with E-state index in [1.165, 1.54) is 11.3 Å². The van der Waals surface area contributed by atoms with E-state index in [9.17, 15) is 0 Å². The minimum Gasteiger partial charge on any atom is -0.496 e. The van der Waals surface area contributed by atoms with Crippen LogP contribution in [0.1, 0.15) is 0 Å². The summed E-state index contributed by atoms with van der Waals surface area (Å²) in [6, 6.07) is 5.46. The predicted molar refractivity (Wildman–Crippen MR) is 66.4 cm³/mol. The van der Waals surface area contributed by atoms with Gasteiger partial charge in [0.25, 0.3) is 0 Å². The average Bonchev–Trinajstić information content (AvgIpc) is 2.65. The highest BCUT2D eigenvalue weighted by Crippen LogP contribution is 2.34. The number of halogens is 1. The van der Waals surface area contributed by atoms with Crippen molar-refractivity contribution in [3.05, 3.63) is 28.6 Å². The summed E-state index contributed by atoms with van der Waals surface area (Å²) >= 11 is 11.6. The van der Waals surface area contributed by atoms with Gasteiger partial charge in [-0.2, -0.15) is 0 Å². The molecule has 78 valence electrons. The maximum atomic E-state index is 5.93. The molecule has 0 amide bonds. The molecule has 0 bridgehead atoms. The molecule has 2 rings (SSSR count). The molecule has 1 heterocycles. The molecule has 0 aliphatic carbocycles. The minimum absolute atomic E-state index is 0.668. The summed E-state index contributed by atoms with van der Waals surface area (Å²) in [5, 5.41) is 4.11. The van der Waals surface area contributed by atoms with Crippen molar-refractivity contribution in [2.24, 2.45) is 0 Å². The van der Waals surface area contributed by atoms with Gasteiger partial charge in [-0.25, -0.2) is 4.98 Å². The van der Waals surface area contributed by atoms with Crippen molar-refractivity contribution in [3.8, 4) is 16.3 Å². The zero-order chi connectivity index (χ0) is 10.8. The van der Waals surface area contributed by atoms with Crippen molar-refractivity contribution in [1.29, 1.82) is 0 Å². The van der Waals surface area contributed by atoms with Gasteiger partial charge < -0.3 is 4.74 Å². The molecule has 0 atom stereocenters. The van der Waals surface area contributed by atoms with Crippen LogP contribution in [0.5, 0.6) is 5.75 Å². The summed E-state index contributed by atoms with van der Waals surface area (Å²) in [4.78, 5) is 4.27. The Kier molecular flexibility index (Phi) is 3.19. The summed E-state index contributed by atoms with van der Waals surface area (Å²) in [6.07, 6.45) is 0. The van der Waals surface area contributed by atoms with E-state index in [0.717, 1.165) is 16.3 Å². The van der Waals surface area contributed by atoms with Crippen LogP contribution >= 0.6 is 35.6 Å². The molecule has 0 saturated carbocycles. The summed E-state index contributed by atoms with van der Waals surface area (Å²) in [5.41, 5.74) is 0.898. The Balaban J connectivity index is 2.55. The number of aromatic nitrogens is 1. The number of nitrogens with zero attached hydrogens (tertiary/aromatic N) is 1. The van der Waals surface area contributed by atoms with Gasteiger partial charge in [-0.1, -0.05) is 11.6 Å². The first kappa shape index (κ1) is 10.8. The Morgan fingerprint density at radius 2 is 2.27 bits per heavy atom. The predicted octanol–water partition coefficient (Wildman–Crippen LogP) is 3.76. The van der Waals surface area contributed by atoms with Crippen molar-refractivity contribution in [1.82, 2.24) is 4.98 Å². The molecule has 2 aromatic rings. The van der Waals surface area contributed by atoms with E-state index in [0.29, 0.717) is 10.0 Å². The Labute approximate surface area is 102 Å². The van der Waals surface area contributed by atoms with Crippen LogP contribution in [-0.2, 0) is 0 Å². The fourth-order valence-electron chi connectivity index (χ4n) is 1.24. The lowest BCUT2D eigenvalue weighted by atomic mass is 10.2. The van der Waals surface area contributed by atoms with E-state index in [1.807, 2.05) is 17.5 Å². The number of thiol groups is 1. The fourth-order valence-corrected chi connectivity index (χ4v) is 2.44. The fraction of sp³-hybridized carbons (Fsp3) is 0.100. The van der Waals surface area contributed by atoms with Gasteiger partial charge in [0.05, 0.1) is 12.7 Å². The Bertz CT molecular complexity index is 484. The molecule has 1 aromatic heterocycles. The highest BCUT2D eigenvalue weighted by Gasteiger charge is 2.09. The van der Waals surface area contributed by atoms with Gasteiger partial charge in [0.15, 0.2) is 0 Å². The van der Waals surface area contributed by atoms with E-state index in [-0.39, 0.29) is 0 Å². The summed E-state index contributed by atoms with van der Waals surface area (Å²) in [7, 11) is 1.63. The number of thiazole rings is 1. The molecule has 0 N–H and O–H groups in total. The van der Waals surface area contributed by atoms with Crippen molar-refractivity contribution in [3.63, 3.8) is 0 Å². The van der Waals surface area contributed by atoms with Crippen molar-refractivity contribution < 1.29 is 4.74 Å². The van der Waals surface area contributed by atoms with Gasteiger partial charge in [-0.15, -0.1) is 24.0 Å². The maximum absolute atomic E-state index is 5.93. The third-order valence-corrected chi connectivity index (χ3v) is 3.40. The van der Waals surface area contributed by atoms with Gasteiger partial charge in [0.1, 0.15) is 15.8 Å². The quantitative estimate of drug-likeness (QED) is 0.828. The van der Waals surface area contributed by atoms with Crippen molar-refractivity contribution in [2.75, 3.05) is 7.11 Å². The summed E-state index contributed by atoms with van der Waals surface area (Å²) < 4.78 is 5.25. The molecule has 0 saturated heterocycles. The lowest BCUT2D eigenvalue weighted by Gasteiger charge is -2.05. The molecule has 0 radical (unpaired) electrons. The first-order valence-electron chi connectivity index (χ1n) is 4.19. The smallest absolute Gasteiger partial charge is 0.129 e. The van der Waals surface area contributed by atoms with Crippen LogP contribution in [0.25, 0.3) is 10.6 Å². The molecule has 15 heavy (non-hydrogen) atoms. The number of benzene rings is 1. The Morgan fingerprint density at radius 3 is 2.87 bits per heavy atom. The van der Waals surface area contributed by atoms with E-state index >= 15 is 0 Å². The van der Waals surface area contributed by atoms with E-state index in [2.05, 4.69) is 17.6 Å². The SMILES string of the molecule is COc1ccc(Cl)cc1-c1nc(S)cs1. The van der Waals surface area contributed by atoms with Crippen LogP contribution < -0.4 is 4.74 Å². The molecule has 0 spiro atoms. The monoisotopic (exact) mass is 257 g/mol. The van der Waals surface area contributed by atoms with Crippen LogP contribution in [0.4, 0.5) is 0 Å². The molecular formula is C10H8ClNOS2. The molecular weight excluding hydrogens is 250 g/mol. The number of ether oxygens (including phenoxy) is 1. The highest BCUT2D eigenvalue weighted by molar-refractivity contribution is 7.80. The topological polar surface area (TPSA) is 22.1 Å². The van der Waals surface area contributed by atoms with Crippen LogP contribution in [-0.4, -0.2) is 12.1 Å². The van der Waals surface area contributed by atoms with Crippen LogP contribution in [0.2, 0.25) is 5.02 Å². The lowest BCUT2D eigenvalue weighted by molar-refractivity contribution is 0.416. The maximum Gasteiger partial charge on any atom is 0.129 e. The van der Waals surface area contributed by atoms with Gasteiger partial charge >= 0.3 is 0 Å². The average molecular weight is 258 g/mol. The third kappa shape index (κ3) is 2.27. The molecule has 5 heteroatoms. The molecule has 1 aromatic carbocycles. The zero-order valence-corrected chi connectivity index (χ0v) is 10.4. The largest absolute Gasteiger partial charge is 0.496 e. The Morgan fingerprint density at radius 1 is 1.47 bits per heavy atom. The first-order chi connectivity index (χ1) is 7.20. The van der Waals surface area contributed by atoms with Crippen molar-refractivity contribution in [2.45, 2.75) is 5.03 Å². The van der Waals surface area contributed by atoms with Crippen LogP contribution in [0, 0.1) is 0 Å². The molecule has 2 nitrogen and oxygen atoms in total. The van der Waals surface area contributed by atoms with E-state index in [4.69, 9.17) is 16.3 Å². The van der Waals surface area contributed by atoms with Gasteiger partial charge in [0, 0.05) is 10.4 Å². The first-order valence-corrected chi connectivity index (χ1v) is 5.89. The minimum atomic E-state index is 0.668. The number of hydrogen-bond donors (Lipinski definition) is 1. The molecule has 0 aliphatic rings. The van der Waals surface area contributed by atoms with Gasteiger partial charge in [-0.3, -0.25) is 0 Å². The summed E-state index contributed by atoms with van der Waals surface area (Å²) in [6.45, 7) is 0. The third-order valence-electron chi connectivity index (χ3n) is 1.88. The number of methoxy groups -OCH3 is 1. The Hall–Kier alpha value is -0.710. The van der Waals surface area contributed by atoms with E-state index < -0.39 is 0 Å². The highest BCUT2D eigenvalue weighted by atomic mass is 35.5. The van der Waals surface area contributed by atoms with E-state index in [1.54, 1.807) is 13.2 Å². The van der Waals surface area contributed by atoms with Crippen molar-refractivity contribution >= 4 is 35.6 Å². The zero-order valence-electron chi connectivity index (χ0n) is 7.90. The standard InChI is InChI=1S/C10H8ClNOS2/c1-13-8-3-2-6(11)4-7(8)10-12-9(14)5-15-10/h2-5,14H,1H3. The number of hydrogen-bond acceptors (Lipinski definition) is 4. The second-order valence-electron chi connectivity index (χ2n) is 2.86. The van der Waals surface area contributed by atoms with Crippen LogP contribution in [0.15, 0.2) is 28.6 Å². The van der Waals surface area contributed by atoms with Crippen LogP contribution in [0.3, 0.4) is 0 Å². The second-order valence-corrected chi connectivity index (χ2v) is 4.61. The molecule has 0 unspecified atom stereocenters. The lowest BCUT2D eigenvalue weighted by Crippen LogP contribution is -1.87. The normalized spacial score (nSPS) is 10.3. The number of rotatable bonds is 2.